The minimum absolute atomic E-state index is 0.350. The molecule has 3 heteroatoms. The van der Waals surface area contributed by atoms with Crippen LogP contribution in [0.15, 0.2) is 0 Å². The van der Waals surface area contributed by atoms with E-state index < -0.39 is 5.97 Å². The highest BCUT2D eigenvalue weighted by Gasteiger charge is 2.26. The second-order valence-electron chi connectivity index (χ2n) is 6.08. The molecule has 0 bridgehead atoms. The largest absolute Gasteiger partial charge is 0.481 e. The number of carboxylic acids is 1. The molecule has 0 aromatic rings. The average molecular weight is 253 g/mol. The van der Waals surface area contributed by atoms with Crippen LogP contribution >= 0.6 is 0 Å². The van der Waals surface area contributed by atoms with Crippen LogP contribution < -0.4 is 0 Å². The van der Waals surface area contributed by atoms with Gasteiger partial charge in [-0.15, -0.1) is 0 Å². The van der Waals surface area contributed by atoms with Gasteiger partial charge in [0.25, 0.3) is 0 Å². The number of carboxylic acid groups (broad SMARTS) is 1. The van der Waals surface area contributed by atoms with Crippen LogP contribution in [-0.4, -0.2) is 35.1 Å². The van der Waals surface area contributed by atoms with E-state index in [9.17, 15) is 4.79 Å². The first-order valence-corrected chi connectivity index (χ1v) is 7.71. The Morgan fingerprint density at radius 2 is 1.78 bits per heavy atom. The first-order chi connectivity index (χ1) is 8.75. The third kappa shape index (κ3) is 4.27. The topological polar surface area (TPSA) is 40.5 Å². The van der Waals surface area contributed by atoms with E-state index in [0.29, 0.717) is 12.3 Å². The van der Waals surface area contributed by atoms with Crippen molar-refractivity contribution in [3.63, 3.8) is 0 Å². The number of carbonyl (C=O) groups is 1. The fourth-order valence-corrected chi connectivity index (χ4v) is 3.62. The highest BCUT2D eigenvalue weighted by molar-refractivity contribution is 5.66. The van der Waals surface area contributed by atoms with Gasteiger partial charge in [-0.05, 0) is 44.6 Å². The van der Waals surface area contributed by atoms with Crippen molar-refractivity contribution in [3.05, 3.63) is 0 Å². The number of aliphatic carboxylic acids is 1. The predicted molar refractivity (Wildman–Crippen MR) is 72.7 cm³/mol. The maximum absolute atomic E-state index is 10.7. The zero-order valence-electron chi connectivity index (χ0n) is 11.4. The molecule has 1 N–H and O–H groups in total. The normalized spacial score (nSPS) is 27.9. The second-order valence-corrected chi connectivity index (χ2v) is 6.08. The third-order valence-corrected chi connectivity index (χ3v) is 4.66. The van der Waals surface area contributed by atoms with Gasteiger partial charge in [0, 0.05) is 19.0 Å². The van der Waals surface area contributed by atoms with Gasteiger partial charge < -0.3 is 10.0 Å². The van der Waals surface area contributed by atoms with Crippen LogP contribution in [-0.2, 0) is 4.79 Å². The summed E-state index contributed by atoms with van der Waals surface area (Å²) < 4.78 is 0. The molecule has 1 unspecified atom stereocenters. The predicted octanol–water partition coefficient (Wildman–Crippen LogP) is 3.29. The van der Waals surface area contributed by atoms with Gasteiger partial charge in [0.1, 0.15) is 0 Å². The number of piperidine rings is 1. The summed E-state index contributed by atoms with van der Waals surface area (Å²) in [5.74, 6) is -0.0142. The van der Waals surface area contributed by atoms with Crippen molar-refractivity contribution >= 4 is 5.97 Å². The number of nitrogens with zero attached hydrogens (tertiary/aromatic N) is 1. The summed E-state index contributed by atoms with van der Waals surface area (Å²) in [6.07, 6.45) is 12.1. The molecule has 1 saturated heterocycles. The van der Waals surface area contributed by atoms with E-state index in [1.807, 2.05) is 0 Å². The number of hydrogen-bond donors (Lipinski definition) is 1. The zero-order chi connectivity index (χ0) is 12.8. The Hall–Kier alpha value is -0.570. The molecule has 2 aliphatic rings. The average Bonchev–Trinajstić information content (AvgIpc) is 2.65. The van der Waals surface area contributed by atoms with E-state index in [2.05, 4.69) is 4.90 Å². The Kier molecular flexibility index (Phi) is 5.48. The van der Waals surface area contributed by atoms with Crippen LogP contribution in [0.4, 0.5) is 0 Å². The van der Waals surface area contributed by atoms with Crippen molar-refractivity contribution in [2.45, 2.75) is 70.3 Å². The molecule has 0 aromatic heterocycles. The molecule has 2 rings (SSSR count). The van der Waals surface area contributed by atoms with Gasteiger partial charge in [-0.2, -0.15) is 0 Å². The van der Waals surface area contributed by atoms with Gasteiger partial charge in [-0.3, -0.25) is 4.79 Å². The molecule has 0 spiro atoms. The molecule has 1 aliphatic carbocycles. The number of likely N-dealkylation sites (tertiary alicyclic amines) is 1. The summed E-state index contributed by atoms with van der Waals surface area (Å²) in [6, 6.07) is 0.792. The molecule has 18 heavy (non-hydrogen) atoms. The lowest BCUT2D eigenvalue weighted by Gasteiger charge is -2.38. The molecular formula is C15H27NO2. The molecular weight excluding hydrogens is 226 g/mol. The molecule has 2 fully saturated rings. The Labute approximate surface area is 111 Å². The van der Waals surface area contributed by atoms with Gasteiger partial charge in [-0.1, -0.05) is 25.7 Å². The quantitative estimate of drug-likeness (QED) is 0.782. The highest BCUT2D eigenvalue weighted by Crippen LogP contribution is 2.28. The fourth-order valence-electron chi connectivity index (χ4n) is 3.62. The lowest BCUT2D eigenvalue weighted by Crippen LogP contribution is -2.42. The van der Waals surface area contributed by atoms with Crippen LogP contribution in [0.1, 0.15) is 64.2 Å². The number of rotatable bonds is 4. The van der Waals surface area contributed by atoms with Gasteiger partial charge >= 0.3 is 5.97 Å². The van der Waals surface area contributed by atoms with E-state index in [1.165, 1.54) is 57.9 Å². The Morgan fingerprint density at radius 1 is 1.06 bits per heavy atom. The third-order valence-electron chi connectivity index (χ3n) is 4.66. The molecule has 3 nitrogen and oxygen atoms in total. The van der Waals surface area contributed by atoms with Crippen LogP contribution in [0.5, 0.6) is 0 Å². The van der Waals surface area contributed by atoms with Crippen LogP contribution in [0, 0.1) is 5.92 Å². The summed E-state index contributed by atoms with van der Waals surface area (Å²) >= 11 is 0. The summed E-state index contributed by atoms with van der Waals surface area (Å²) in [7, 11) is 0. The number of hydrogen-bond acceptors (Lipinski definition) is 2. The van der Waals surface area contributed by atoms with Gasteiger partial charge in [-0.25, -0.2) is 0 Å². The summed E-state index contributed by atoms with van der Waals surface area (Å²) in [5.41, 5.74) is 0. The molecule has 0 aromatic carbocycles. The first kappa shape index (κ1) is 13.9. The van der Waals surface area contributed by atoms with Crippen molar-refractivity contribution in [1.29, 1.82) is 0 Å². The van der Waals surface area contributed by atoms with E-state index in [4.69, 9.17) is 5.11 Å². The summed E-state index contributed by atoms with van der Waals surface area (Å²) in [5, 5.41) is 8.78. The van der Waals surface area contributed by atoms with Crippen molar-refractivity contribution < 1.29 is 9.90 Å². The maximum Gasteiger partial charge on any atom is 0.303 e. The van der Waals surface area contributed by atoms with Crippen molar-refractivity contribution in [2.24, 2.45) is 5.92 Å². The van der Waals surface area contributed by atoms with Crippen molar-refractivity contribution in [3.8, 4) is 0 Å². The Bertz CT molecular complexity index is 259. The van der Waals surface area contributed by atoms with Crippen LogP contribution in [0.3, 0.4) is 0 Å². The molecule has 0 radical (unpaired) electrons. The van der Waals surface area contributed by atoms with Crippen molar-refractivity contribution in [2.75, 3.05) is 13.1 Å². The molecule has 1 heterocycles. The summed E-state index contributed by atoms with van der Waals surface area (Å²) in [6.45, 7) is 2.40. The van der Waals surface area contributed by atoms with Crippen LogP contribution in [0.2, 0.25) is 0 Å². The minimum Gasteiger partial charge on any atom is -0.481 e. The molecule has 1 aliphatic heterocycles. The fraction of sp³-hybridized carbons (Fsp3) is 0.933. The zero-order valence-corrected chi connectivity index (χ0v) is 11.4. The lowest BCUT2D eigenvalue weighted by atomic mass is 9.91. The van der Waals surface area contributed by atoms with Crippen LogP contribution in [0.25, 0.3) is 0 Å². The highest BCUT2D eigenvalue weighted by atomic mass is 16.4. The van der Waals surface area contributed by atoms with Crippen molar-refractivity contribution in [1.82, 2.24) is 4.90 Å². The Morgan fingerprint density at radius 3 is 2.44 bits per heavy atom. The standard InChI is InChI=1S/C15H27NO2/c17-15(18)10-9-13-6-5-11-16(12-13)14-7-3-1-2-4-8-14/h13-14H,1-12H2,(H,17,18). The van der Waals surface area contributed by atoms with E-state index in [-0.39, 0.29) is 0 Å². The Balaban J connectivity index is 1.79. The van der Waals surface area contributed by atoms with E-state index in [1.54, 1.807) is 0 Å². The monoisotopic (exact) mass is 253 g/mol. The molecule has 0 amide bonds. The maximum atomic E-state index is 10.7. The minimum atomic E-state index is -0.637. The molecule has 1 atom stereocenters. The lowest BCUT2D eigenvalue weighted by molar-refractivity contribution is -0.137. The van der Waals surface area contributed by atoms with Gasteiger partial charge in [0.15, 0.2) is 0 Å². The van der Waals surface area contributed by atoms with Gasteiger partial charge in [0.05, 0.1) is 0 Å². The van der Waals surface area contributed by atoms with E-state index >= 15 is 0 Å². The second kappa shape index (κ2) is 7.13. The summed E-state index contributed by atoms with van der Waals surface area (Å²) in [4.78, 5) is 13.3. The SMILES string of the molecule is O=C(O)CCC1CCCN(C2CCCCCC2)C1. The smallest absolute Gasteiger partial charge is 0.303 e. The first-order valence-electron chi connectivity index (χ1n) is 7.71. The van der Waals surface area contributed by atoms with Gasteiger partial charge in [0.2, 0.25) is 0 Å². The molecule has 104 valence electrons. The molecule has 1 saturated carbocycles. The van der Waals surface area contributed by atoms with E-state index in [0.717, 1.165) is 19.0 Å².